The van der Waals surface area contributed by atoms with Crippen molar-refractivity contribution in [2.45, 2.75) is 19.9 Å². The quantitative estimate of drug-likeness (QED) is 0.646. The maximum Gasteiger partial charge on any atom is 0.184 e. The van der Waals surface area contributed by atoms with Gasteiger partial charge in [0.15, 0.2) is 5.13 Å². The Labute approximate surface area is 135 Å². The maximum atomic E-state index is 13.6. The molecule has 0 aliphatic rings. The smallest absolute Gasteiger partial charge is 0.184 e. The number of aryl methyl sites for hydroxylation is 1. The van der Waals surface area contributed by atoms with Gasteiger partial charge in [0.05, 0.1) is 16.3 Å². The number of hydrogen-bond donors (Lipinski definition) is 1. The minimum atomic E-state index is -0.172. The molecule has 1 heterocycles. The second kappa shape index (κ2) is 5.73. The Morgan fingerprint density at radius 3 is 2.81 bits per heavy atom. The monoisotopic (exact) mass is 364 g/mol. The summed E-state index contributed by atoms with van der Waals surface area (Å²) < 4.78 is 15.8. The average molecular weight is 365 g/mol. The van der Waals surface area contributed by atoms with Gasteiger partial charge in [-0.25, -0.2) is 9.37 Å². The van der Waals surface area contributed by atoms with Crippen LogP contribution in [0.3, 0.4) is 0 Å². The lowest BCUT2D eigenvalue weighted by Gasteiger charge is -2.13. The number of halogens is 2. The largest absolute Gasteiger partial charge is 0.355 e. The Kier molecular flexibility index (Phi) is 3.95. The van der Waals surface area contributed by atoms with Crippen molar-refractivity contribution in [3.63, 3.8) is 0 Å². The highest BCUT2D eigenvalue weighted by Gasteiger charge is 2.11. The Bertz CT molecular complexity index is 800. The molecule has 3 rings (SSSR count). The van der Waals surface area contributed by atoms with E-state index in [2.05, 4.69) is 26.2 Å². The van der Waals surface area contributed by atoms with Crippen molar-refractivity contribution in [2.75, 3.05) is 5.32 Å². The van der Waals surface area contributed by atoms with E-state index in [4.69, 9.17) is 0 Å². The molecule has 0 saturated carbocycles. The number of anilines is 1. The molecule has 2 aromatic carbocycles. The van der Waals surface area contributed by atoms with Crippen LogP contribution in [-0.4, -0.2) is 4.98 Å². The number of nitrogens with zero attached hydrogens (tertiary/aromatic N) is 1. The van der Waals surface area contributed by atoms with E-state index >= 15 is 0 Å². The molecule has 0 aliphatic carbocycles. The summed E-state index contributed by atoms with van der Waals surface area (Å²) >= 11 is 5.06. The average Bonchev–Trinajstić information content (AvgIpc) is 2.83. The van der Waals surface area contributed by atoms with E-state index in [1.165, 1.54) is 0 Å². The first-order valence-corrected chi connectivity index (χ1v) is 8.22. The zero-order chi connectivity index (χ0) is 15.0. The van der Waals surface area contributed by atoms with Gasteiger partial charge in [0.25, 0.3) is 0 Å². The van der Waals surface area contributed by atoms with Gasteiger partial charge in [-0.15, -0.1) is 0 Å². The number of fused-ring (bicyclic) bond motifs is 1. The summed E-state index contributed by atoms with van der Waals surface area (Å²) in [6, 6.07) is 11.3. The van der Waals surface area contributed by atoms with Crippen molar-refractivity contribution in [1.82, 2.24) is 4.98 Å². The standard InChI is InChI=1S/C16H14BrFN2S/c1-9-3-4-11(7-13(9)18)10(2)19-16-20-14-6-5-12(17)8-15(14)21-16/h3-8,10H,1-2H3,(H,19,20). The van der Waals surface area contributed by atoms with Crippen LogP contribution in [0.1, 0.15) is 24.1 Å². The van der Waals surface area contributed by atoms with Crippen molar-refractivity contribution in [3.8, 4) is 0 Å². The third-order valence-corrected chi connectivity index (χ3v) is 4.83. The number of aromatic nitrogens is 1. The van der Waals surface area contributed by atoms with Gasteiger partial charge in [0.2, 0.25) is 0 Å². The number of hydrogen-bond acceptors (Lipinski definition) is 3. The second-order valence-electron chi connectivity index (χ2n) is 5.01. The van der Waals surface area contributed by atoms with Crippen LogP contribution in [0.4, 0.5) is 9.52 Å². The normalized spacial score (nSPS) is 12.6. The van der Waals surface area contributed by atoms with E-state index in [0.717, 1.165) is 25.4 Å². The van der Waals surface area contributed by atoms with Gasteiger partial charge in [-0.1, -0.05) is 39.4 Å². The molecule has 1 aromatic heterocycles. The number of nitrogens with one attached hydrogen (secondary N) is 1. The van der Waals surface area contributed by atoms with Gasteiger partial charge < -0.3 is 5.32 Å². The van der Waals surface area contributed by atoms with Crippen LogP contribution in [0.25, 0.3) is 10.2 Å². The first kappa shape index (κ1) is 14.5. The molecule has 5 heteroatoms. The van der Waals surface area contributed by atoms with Crippen molar-refractivity contribution >= 4 is 42.6 Å². The van der Waals surface area contributed by atoms with E-state index in [-0.39, 0.29) is 11.9 Å². The highest BCUT2D eigenvalue weighted by Crippen LogP contribution is 2.30. The van der Waals surface area contributed by atoms with Gasteiger partial charge in [0.1, 0.15) is 5.82 Å². The summed E-state index contributed by atoms with van der Waals surface area (Å²) in [6.45, 7) is 3.77. The minimum Gasteiger partial charge on any atom is -0.355 e. The van der Waals surface area contributed by atoms with Crippen molar-refractivity contribution in [2.24, 2.45) is 0 Å². The summed E-state index contributed by atoms with van der Waals surface area (Å²) in [4.78, 5) is 4.55. The molecule has 1 atom stereocenters. The lowest BCUT2D eigenvalue weighted by Crippen LogP contribution is -2.06. The lowest BCUT2D eigenvalue weighted by atomic mass is 10.1. The SMILES string of the molecule is Cc1ccc(C(C)Nc2nc3ccc(Br)cc3s2)cc1F. The Balaban J connectivity index is 1.85. The van der Waals surface area contributed by atoms with Gasteiger partial charge in [-0.3, -0.25) is 0 Å². The van der Waals surface area contributed by atoms with Gasteiger partial charge in [-0.2, -0.15) is 0 Å². The molecule has 0 saturated heterocycles. The minimum absolute atomic E-state index is 0.00380. The van der Waals surface area contributed by atoms with Crippen LogP contribution in [0.15, 0.2) is 40.9 Å². The Morgan fingerprint density at radius 1 is 1.24 bits per heavy atom. The van der Waals surface area contributed by atoms with Crippen molar-refractivity contribution < 1.29 is 4.39 Å². The van der Waals surface area contributed by atoms with E-state index in [9.17, 15) is 4.39 Å². The van der Waals surface area contributed by atoms with Crippen molar-refractivity contribution in [1.29, 1.82) is 0 Å². The molecule has 1 unspecified atom stereocenters. The first-order valence-electron chi connectivity index (χ1n) is 6.61. The summed E-state index contributed by atoms with van der Waals surface area (Å²) in [5, 5.41) is 4.18. The van der Waals surface area contributed by atoms with E-state index in [0.29, 0.717) is 5.56 Å². The Hall–Kier alpha value is -1.46. The molecule has 0 fully saturated rings. The molecule has 1 N–H and O–H groups in total. The molecule has 0 bridgehead atoms. The second-order valence-corrected chi connectivity index (χ2v) is 6.95. The maximum absolute atomic E-state index is 13.6. The fourth-order valence-electron chi connectivity index (χ4n) is 2.11. The first-order chi connectivity index (χ1) is 10.0. The summed E-state index contributed by atoms with van der Waals surface area (Å²) in [7, 11) is 0. The van der Waals surface area contributed by atoms with Crippen LogP contribution < -0.4 is 5.32 Å². The van der Waals surface area contributed by atoms with E-state index in [1.54, 1.807) is 30.4 Å². The molecule has 3 aromatic rings. The Morgan fingerprint density at radius 2 is 2.05 bits per heavy atom. The molecule has 2 nitrogen and oxygen atoms in total. The fraction of sp³-hybridized carbons (Fsp3) is 0.188. The molecular formula is C16H14BrFN2S. The van der Waals surface area contributed by atoms with Gasteiger partial charge in [0, 0.05) is 4.47 Å². The third kappa shape index (κ3) is 3.09. The lowest BCUT2D eigenvalue weighted by molar-refractivity contribution is 0.614. The summed E-state index contributed by atoms with van der Waals surface area (Å²) in [6.07, 6.45) is 0. The van der Waals surface area contributed by atoms with Crippen LogP contribution in [0.2, 0.25) is 0 Å². The molecule has 21 heavy (non-hydrogen) atoms. The molecule has 0 radical (unpaired) electrons. The molecule has 108 valence electrons. The highest BCUT2D eigenvalue weighted by molar-refractivity contribution is 9.10. The van der Waals surface area contributed by atoms with Crippen LogP contribution in [0.5, 0.6) is 0 Å². The van der Waals surface area contributed by atoms with Crippen LogP contribution >= 0.6 is 27.3 Å². The van der Waals surface area contributed by atoms with Gasteiger partial charge >= 0.3 is 0 Å². The van der Waals surface area contributed by atoms with Crippen molar-refractivity contribution in [3.05, 3.63) is 57.8 Å². The summed E-state index contributed by atoms with van der Waals surface area (Å²) in [5.74, 6) is -0.172. The third-order valence-electron chi connectivity index (χ3n) is 3.39. The molecule has 0 spiro atoms. The topological polar surface area (TPSA) is 24.9 Å². The number of benzene rings is 2. The van der Waals surface area contributed by atoms with Crippen LogP contribution in [-0.2, 0) is 0 Å². The fourth-order valence-corrected chi connectivity index (χ4v) is 3.61. The van der Waals surface area contributed by atoms with Gasteiger partial charge in [-0.05, 0) is 49.2 Å². The van der Waals surface area contributed by atoms with E-state index < -0.39 is 0 Å². The summed E-state index contributed by atoms with van der Waals surface area (Å²) in [5.41, 5.74) is 2.54. The molecular weight excluding hydrogens is 351 g/mol. The molecule has 0 amide bonds. The number of rotatable bonds is 3. The van der Waals surface area contributed by atoms with Crippen LogP contribution in [0, 0.1) is 12.7 Å². The van der Waals surface area contributed by atoms with E-state index in [1.807, 2.05) is 31.2 Å². The zero-order valence-corrected chi connectivity index (χ0v) is 14.1. The number of thiazole rings is 1. The predicted molar refractivity (Wildman–Crippen MR) is 90.5 cm³/mol. The molecule has 0 aliphatic heterocycles. The highest BCUT2D eigenvalue weighted by atomic mass is 79.9. The predicted octanol–water partition coefficient (Wildman–Crippen LogP) is 5.68. The zero-order valence-electron chi connectivity index (χ0n) is 11.7.